The van der Waals surface area contributed by atoms with E-state index in [1.807, 2.05) is 20.2 Å². The minimum atomic E-state index is -3.45. The molecule has 146 valence electrons. The molecule has 0 atom stereocenters. The number of aromatic nitrogens is 4. The molecular weight excluding hydrogens is 376 g/mol. The summed E-state index contributed by atoms with van der Waals surface area (Å²) in [7, 11) is 1.57. The van der Waals surface area contributed by atoms with Gasteiger partial charge in [-0.1, -0.05) is 0 Å². The maximum absolute atomic E-state index is 12.2. The molecule has 0 saturated carbocycles. The van der Waals surface area contributed by atoms with Crippen molar-refractivity contribution >= 4 is 21.7 Å². The fraction of sp³-hybridized carbons (Fsp3) is 0.316. The van der Waals surface area contributed by atoms with Crippen LogP contribution in [0.25, 0.3) is 11.4 Å². The second kappa shape index (κ2) is 6.68. The van der Waals surface area contributed by atoms with E-state index in [2.05, 4.69) is 19.9 Å². The lowest BCUT2D eigenvalue weighted by Crippen LogP contribution is -2.22. The van der Waals surface area contributed by atoms with Crippen LogP contribution in [0.2, 0.25) is 0 Å². The largest absolute Gasteiger partial charge is 0.330 e. The van der Waals surface area contributed by atoms with Gasteiger partial charge in [0.1, 0.15) is 5.82 Å². The lowest BCUT2D eigenvalue weighted by atomic mass is 9.98. The molecule has 0 bridgehead atoms. The highest BCUT2D eigenvalue weighted by atomic mass is 32.2. The molecule has 28 heavy (non-hydrogen) atoms. The first-order valence-corrected chi connectivity index (χ1v) is 10.4. The van der Waals surface area contributed by atoms with Crippen LogP contribution in [-0.4, -0.2) is 46.3 Å². The fourth-order valence-corrected chi connectivity index (χ4v) is 4.21. The second-order valence-electron chi connectivity index (χ2n) is 7.02. The van der Waals surface area contributed by atoms with Gasteiger partial charge in [-0.15, -0.1) is 0 Å². The number of sulfonamides is 1. The highest BCUT2D eigenvalue weighted by Gasteiger charge is 2.24. The summed E-state index contributed by atoms with van der Waals surface area (Å²) in [5, 5.41) is 3.16. The van der Waals surface area contributed by atoms with Gasteiger partial charge in [0.25, 0.3) is 0 Å². The zero-order chi connectivity index (χ0) is 20.1. The monoisotopic (exact) mass is 398 g/mol. The third-order valence-electron chi connectivity index (χ3n) is 5.00. The Morgan fingerprint density at radius 1 is 1.11 bits per heavy atom. The molecule has 8 nitrogen and oxygen atoms in total. The molecule has 1 aliphatic rings. The molecule has 0 radical (unpaired) electrons. The van der Waals surface area contributed by atoms with Gasteiger partial charge in [-0.2, -0.15) is 0 Å². The molecular formula is C19H22N6O2S. The highest BCUT2D eigenvalue weighted by molar-refractivity contribution is 7.89. The van der Waals surface area contributed by atoms with Crippen LogP contribution in [0.3, 0.4) is 0 Å². The van der Waals surface area contributed by atoms with Crippen molar-refractivity contribution in [3.05, 3.63) is 47.5 Å². The average Bonchev–Trinajstić information content (AvgIpc) is 2.96. The van der Waals surface area contributed by atoms with E-state index in [-0.39, 0.29) is 4.90 Å². The van der Waals surface area contributed by atoms with Gasteiger partial charge in [0.05, 0.1) is 22.0 Å². The van der Waals surface area contributed by atoms with Crippen LogP contribution < -0.4 is 5.32 Å². The molecule has 1 aliphatic carbocycles. The summed E-state index contributed by atoms with van der Waals surface area (Å²) in [6, 6.07) is 6.55. The maximum Gasteiger partial charge on any atom is 0.242 e. The van der Waals surface area contributed by atoms with Crippen molar-refractivity contribution in [2.24, 2.45) is 7.05 Å². The van der Waals surface area contributed by atoms with Gasteiger partial charge in [-0.05, 0) is 49.6 Å². The van der Waals surface area contributed by atoms with Crippen molar-refractivity contribution in [3.8, 4) is 11.4 Å². The number of anilines is 2. The summed E-state index contributed by atoms with van der Waals surface area (Å²) in [6.45, 7) is 1.99. The van der Waals surface area contributed by atoms with E-state index >= 15 is 0 Å². The van der Waals surface area contributed by atoms with Gasteiger partial charge in [-0.3, -0.25) is 0 Å². The summed E-state index contributed by atoms with van der Waals surface area (Å²) < 4.78 is 27.6. The van der Waals surface area contributed by atoms with Crippen LogP contribution in [0.4, 0.5) is 11.6 Å². The van der Waals surface area contributed by atoms with Crippen molar-refractivity contribution in [2.75, 3.05) is 19.4 Å². The first-order valence-electron chi connectivity index (χ1n) is 8.95. The molecule has 0 fully saturated rings. The average molecular weight is 398 g/mol. The number of nitrogens with zero attached hydrogens (tertiary/aromatic N) is 5. The molecule has 3 aromatic rings. The molecule has 1 N–H and O–H groups in total. The fourth-order valence-electron chi connectivity index (χ4n) is 3.31. The Bertz CT molecular complexity index is 1150. The second-order valence-corrected chi connectivity index (χ2v) is 9.17. The Morgan fingerprint density at radius 3 is 2.50 bits per heavy atom. The topological polar surface area (TPSA) is 93.0 Å². The van der Waals surface area contributed by atoms with E-state index in [4.69, 9.17) is 4.98 Å². The van der Waals surface area contributed by atoms with Crippen LogP contribution in [0.15, 0.2) is 35.4 Å². The van der Waals surface area contributed by atoms with Crippen molar-refractivity contribution in [3.63, 3.8) is 0 Å². The third-order valence-corrected chi connectivity index (χ3v) is 6.83. The van der Waals surface area contributed by atoms with Gasteiger partial charge in [-0.25, -0.2) is 27.7 Å². The highest BCUT2D eigenvalue weighted by Crippen LogP contribution is 2.32. The zero-order valence-electron chi connectivity index (χ0n) is 16.3. The molecule has 0 aliphatic heterocycles. The molecule has 9 heteroatoms. The van der Waals surface area contributed by atoms with Crippen molar-refractivity contribution in [1.29, 1.82) is 0 Å². The van der Waals surface area contributed by atoms with Crippen molar-refractivity contribution < 1.29 is 8.42 Å². The van der Waals surface area contributed by atoms with Gasteiger partial charge in [0.15, 0.2) is 0 Å². The quantitative estimate of drug-likeness (QED) is 0.725. The number of benzene rings is 1. The maximum atomic E-state index is 12.2. The zero-order valence-corrected chi connectivity index (χ0v) is 17.1. The molecule has 2 heterocycles. The molecule has 4 rings (SSSR count). The smallest absolute Gasteiger partial charge is 0.242 e. The van der Waals surface area contributed by atoms with Gasteiger partial charge >= 0.3 is 0 Å². The van der Waals surface area contributed by atoms with Gasteiger partial charge < -0.3 is 9.88 Å². The minimum absolute atomic E-state index is 0.240. The summed E-state index contributed by atoms with van der Waals surface area (Å²) in [6.07, 6.45) is 3.61. The van der Waals surface area contributed by atoms with Crippen LogP contribution in [-0.2, 0) is 29.9 Å². The number of imidazole rings is 1. The van der Waals surface area contributed by atoms with Crippen LogP contribution in [0.5, 0.6) is 0 Å². The minimum Gasteiger partial charge on any atom is -0.330 e. The van der Waals surface area contributed by atoms with Crippen LogP contribution in [0, 0.1) is 6.92 Å². The van der Waals surface area contributed by atoms with Crippen molar-refractivity contribution in [1.82, 2.24) is 23.8 Å². The number of nitrogens with one attached hydrogen (secondary N) is 1. The van der Waals surface area contributed by atoms with E-state index < -0.39 is 10.0 Å². The number of aryl methyl sites for hydroxylation is 3. The van der Waals surface area contributed by atoms with Gasteiger partial charge in [0.2, 0.25) is 16.0 Å². The number of hydrogen-bond acceptors (Lipinski definition) is 6. The van der Waals surface area contributed by atoms with Crippen LogP contribution >= 0.6 is 0 Å². The number of fused-ring (bicyclic) bond motifs is 3. The van der Waals surface area contributed by atoms with E-state index in [9.17, 15) is 8.42 Å². The summed E-state index contributed by atoms with van der Waals surface area (Å²) in [4.78, 5) is 14.0. The lowest BCUT2D eigenvalue weighted by Gasteiger charge is -2.17. The molecule has 0 unspecified atom stereocenters. The van der Waals surface area contributed by atoms with Crippen molar-refractivity contribution in [2.45, 2.75) is 24.7 Å². The molecule has 0 amide bonds. The lowest BCUT2D eigenvalue weighted by molar-refractivity contribution is 0.521. The molecule has 0 saturated heterocycles. The van der Waals surface area contributed by atoms with E-state index in [0.717, 1.165) is 47.0 Å². The Morgan fingerprint density at radius 2 is 1.82 bits per heavy atom. The first kappa shape index (κ1) is 18.6. The Labute approximate surface area is 164 Å². The predicted molar refractivity (Wildman–Crippen MR) is 107 cm³/mol. The number of hydrogen-bond donors (Lipinski definition) is 1. The normalized spacial score (nSPS) is 13.3. The van der Waals surface area contributed by atoms with E-state index in [0.29, 0.717) is 5.95 Å². The SMILES string of the molecule is Cc1nc2c(n1C)-c1nc(Nc3ccc(S(=O)(=O)N(C)C)cc3)ncc1CC2. The molecule has 2 aromatic heterocycles. The van der Waals surface area contributed by atoms with E-state index in [1.54, 1.807) is 24.3 Å². The van der Waals surface area contributed by atoms with Crippen LogP contribution in [0.1, 0.15) is 17.1 Å². The summed E-state index contributed by atoms with van der Waals surface area (Å²) in [5.74, 6) is 1.43. The third kappa shape index (κ3) is 3.06. The van der Waals surface area contributed by atoms with Gasteiger partial charge in [0, 0.05) is 33.0 Å². The Balaban J connectivity index is 1.64. The predicted octanol–water partition coefficient (Wildman–Crippen LogP) is 2.28. The summed E-state index contributed by atoms with van der Waals surface area (Å²) >= 11 is 0. The Hall–Kier alpha value is -2.78. The standard InChI is InChI=1S/C19H22N6O2S/c1-12-21-16-10-5-13-11-20-19(23-17(13)18(16)25(12)4)22-14-6-8-15(9-7-14)28(26,27)24(2)3/h6-9,11H,5,10H2,1-4H3,(H,20,22,23). The van der Waals surface area contributed by atoms with E-state index in [1.165, 1.54) is 18.4 Å². The molecule has 0 spiro atoms. The molecule has 1 aromatic carbocycles. The number of rotatable bonds is 4. The summed E-state index contributed by atoms with van der Waals surface area (Å²) in [5.41, 5.74) is 4.82. The Kier molecular flexibility index (Phi) is 4.43. The first-order chi connectivity index (χ1) is 13.3.